The second-order valence-electron chi connectivity index (χ2n) is 8.21. The molecule has 1 N–H and O–H groups in total. The van der Waals surface area contributed by atoms with Crippen LogP contribution in [-0.2, 0) is 17.8 Å². The van der Waals surface area contributed by atoms with E-state index >= 15 is 0 Å². The van der Waals surface area contributed by atoms with Gasteiger partial charge < -0.3 is 29.0 Å². The van der Waals surface area contributed by atoms with Gasteiger partial charge in [0.1, 0.15) is 0 Å². The zero-order valence-corrected chi connectivity index (χ0v) is 18.3. The van der Waals surface area contributed by atoms with Crippen molar-refractivity contribution < 1.29 is 19.0 Å². The van der Waals surface area contributed by atoms with Crippen molar-refractivity contribution in [3.63, 3.8) is 0 Å². The summed E-state index contributed by atoms with van der Waals surface area (Å²) in [6, 6.07) is 13.7. The van der Waals surface area contributed by atoms with E-state index in [1.807, 2.05) is 30.3 Å². The van der Waals surface area contributed by atoms with Crippen LogP contribution in [0.3, 0.4) is 0 Å². The Morgan fingerprint density at radius 3 is 2.75 bits per heavy atom. The molecule has 1 fully saturated rings. The molecule has 0 atom stereocenters. The lowest BCUT2D eigenvalue weighted by Gasteiger charge is -2.26. The van der Waals surface area contributed by atoms with Crippen LogP contribution >= 0.6 is 0 Å². The number of hydrogen-bond acceptors (Lipinski definition) is 5. The van der Waals surface area contributed by atoms with E-state index in [2.05, 4.69) is 33.1 Å². The van der Waals surface area contributed by atoms with E-state index in [1.54, 1.807) is 11.9 Å². The van der Waals surface area contributed by atoms with Gasteiger partial charge in [-0.3, -0.25) is 4.90 Å². The van der Waals surface area contributed by atoms with Crippen molar-refractivity contribution in [3.8, 4) is 11.5 Å². The summed E-state index contributed by atoms with van der Waals surface area (Å²) in [4.78, 5) is 16.8. The van der Waals surface area contributed by atoms with E-state index in [4.69, 9.17) is 14.2 Å². The number of carbonyl (C=O) groups excluding carboxylic acids is 1. The number of nitrogens with zero attached hydrogens (tertiary/aromatic N) is 3. The standard InChI is InChI=1S/C24H28N4O4/c1-26(16-18-2-5-22-23(14-18)32-17-31-22)24(29)25-20-3-4-21-19(15-20)6-7-28(21)9-8-27-10-12-30-13-11-27/h2-7,14-15H,8-13,16-17H2,1H3,(H,25,29). The second-order valence-corrected chi connectivity index (χ2v) is 8.21. The predicted octanol–water partition coefficient (Wildman–Crippen LogP) is 3.37. The van der Waals surface area contributed by atoms with Crippen LogP contribution in [-0.4, -0.2) is 67.1 Å². The van der Waals surface area contributed by atoms with Crippen LogP contribution in [0.2, 0.25) is 0 Å². The molecule has 2 aromatic carbocycles. The van der Waals surface area contributed by atoms with Gasteiger partial charge in [0.05, 0.1) is 13.2 Å². The van der Waals surface area contributed by atoms with Gasteiger partial charge in [-0.1, -0.05) is 6.07 Å². The number of anilines is 1. The molecule has 2 amide bonds. The summed E-state index contributed by atoms with van der Waals surface area (Å²) < 4.78 is 18.5. The Labute approximate surface area is 187 Å². The maximum atomic E-state index is 12.7. The third kappa shape index (κ3) is 4.51. The van der Waals surface area contributed by atoms with E-state index in [0.29, 0.717) is 6.54 Å². The predicted molar refractivity (Wildman–Crippen MR) is 122 cm³/mol. The van der Waals surface area contributed by atoms with E-state index in [1.165, 1.54) is 5.52 Å². The van der Waals surface area contributed by atoms with E-state index in [-0.39, 0.29) is 12.8 Å². The zero-order valence-electron chi connectivity index (χ0n) is 18.3. The summed E-state index contributed by atoms with van der Waals surface area (Å²) >= 11 is 0. The highest BCUT2D eigenvalue weighted by molar-refractivity contribution is 5.92. The zero-order chi connectivity index (χ0) is 21.9. The number of nitrogens with one attached hydrogen (secondary N) is 1. The third-order valence-corrected chi connectivity index (χ3v) is 5.99. The summed E-state index contributed by atoms with van der Waals surface area (Å²) in [6.07, 6.45) is 2.11. The molecule has 3 heterocycles. The number of amides is 2. The Hall–Kier alpha value is -3.23. The van der Waals surface area contributed by atoms with Gasteiger partial charge in [-0.15, -0.1) is 0 Å². The number of morpholine rings is 1. The molecule has 5 rings (SSSR count). The summed E-state index contributed by atoms with van der Waals surface area (Å²) in [7, 11) is 1.78. The summed E-state index contributed by atoms with van der Waals surface area (Å²) in [5.41, 5.74) is 2.94. The molecule has 2 aliphatic rings. The minimum atomic E-state index is -0.159. The molecule has 168 valence electrons. The third-order valence-electron chi connectivity index (χ3n) is 5.99. The number of hydrogen-bond donors (Lipinski definition) is 1. The van der Waals surface area contributed by atoms with Crippen LogP contribution in [0, 0.1) is 0 Å². The average molecular weight is 437 g/mol. The first kappa shape index (κ1) is 20.7. The van der Waals surface area contributed by atoms with Crippen LogP contribution < -0.4 is 14.8 Å². The van der Waals surface area contributed by atoms with Crippen molar-refractivity contribution in [2.75, 3.05) is 52.0 Å². The molecular formula is C24H28N4O4. The highest BCUT2D eigenvalue weighted by Crippen LogP contribution is 2.32. The van der Waals surface area contributed by atoms with Gasteiger partial charge in [0.2, 0.25) is 6.79 Å². The van der Waals surface area contributed by atoms with Crippen molar-refractivity contribution in [1.29, 1.82) is 0 Å². The molecule has 0 radical (unpaired) electrons. The number of ether oxygens (including phenoxy) is 3. The van der Waals surface area contributed by atoms with Crippen LogP contribution in [0.4, 0.5) is 10.5 Å². The number of aromatic nitrogens is 1. The van der Waals surface area contributed by atoms with E-state index in [9.17, 15) is 4.79 Å². The molecule has 8 nitrogen and oxygen atoms in total. The smallest absolute Gasteiger partial charge is 0.321 e. The Bertz CT molecular complexity index is 1110. The van der Waals surface area contributed by atoms with Gasteiger partial charge in [-0.25, -0.2) is 4.79 Å². The van der Waals surface area contributed by atoms with Gasteiger partial charge in [0, 0.05) is 62.6 Å². The fourth-order valence-corrected chi connectivity index (χ4v) is 4.15. The van der Waals surface area contributed by atoms with Crippen molar-refractivity contribution in [1.82, 2.24) is 14.4 Å². The Balaban J connectivity index is 1.19. The van der Waals surface area contributed by atoms with Gasteiger partial charge >= 0.3 is 6.03 Å². The number of rotatable bonds is 6. The molecule has 0 bridgehead atoms. The van der Waals surface area contributed by atoms with E-state index < -0.39 is 0 Å². The fraction of sp³-hybridized carbons (Fsp3) is 0.375. The van der Waals surface area contributed by atoms with Gasteiger partial charge in [0.25, 0.3) is 0 Å². The maximum absolute atomic E-state index is 12.7. The minimum Gasteiger partial charge on any atom is -0.454 e. The second kappa shape index (κ2) is 9.10. The van der Waals surface area contributed by atoms with Crippen LogP contribution in [0.15, 0.2) is 48.7 Å². The Morgan fingerprint density at radius 1 is 1.03 bits per heavy atom. The lowest BCUT2D eigenvalue weighted by atomic mass is 10.2. The number of urea groups is 1. The fourth-order valence-electron chi connectivity index (χ4n) is 4.15. The SMILES string of the molecule is CN(Cc1ccc2c(c1)OCO2)C(=O)Nc1ccc2c(ccn2CCN2CCOCC2)c1. The first-order chi connectivity index (χ1) is 15.7. The number of carbonyl (C=O) groups is 1. The molecule has 2 aliphatic heterocycles. The van der Waals surface area contributed by atoms with Gasteiger partial charge in [-0.05, 0) is 42.0 Å². The van der Waals surface area contributed by atoms with Crippen LogP contribution in [0.25, 0.3) is 10.9 Å². The molecule has 1 aromatic heterocycles. The molecule has 1 saturated heterocycles. The molecular weight excluding hydrogens is 408 g/mol. The van der Waals surface area contributed by atoms with E-state index in [0.717, 1.165) is 67.5 Å². The largest absolute Gasteiger partial charge is 0.454 e. The highest BCUT2D eigenvalue weighted by atomic mass is 16.7. The summed E-state index contributed by atoms with van der Waals surface area (Å²) in [5.74, 6) is 1.46. The molecule has 0 spiro atoms. The number of benzene rings is 2. The molecule has 32 heavy (non-hydrogen) atoms. The lowest BCUT2D eigenvalue weighted by molar-refractivity contribution is 0.0365. The van der Waals surface area contributed by atoms with Gasteiger partial charge in [-0.2, -0.15) is 0 Å². The normalized spacial score (nSPS) is 15.8. The topological polar surface area (TPSA) is 68.2 Å². The average Bonchev–Trinajstić information content (AvgIpc) is 3.44. The first-order valence-corrected chi connectivity index (χ1v) is 11.0. The monoisotopic (exact) mass is 436 g/mol. The van der Waals surface area contributed by atoms with Crippen molar-refractivity contribution in [2.24, 2.45) is 0 Å². The first-order valence-electron chi connectivity index (χ1n) is 11.0. The lowest BCUT2D eigenvalue weighted by Crippen LogP contribution is -2.38. The van der Waals surface area contributed by atoms with Gasteiger partial charge in [0.15, 0.2) is 11.5 Å². The van der Waals surface area contributed by atoms with Crippen molar-refractivity contribution in [2.45, 2.75) is 13.1 Å². The van der Waals surface area contributed by atoms with Crippen LogP contribution in [0.5, 0.6) is 11.5 Å². The minimum absolute atomic E-state index is 0.159. The van der Waals surface area contributed by atoms with Crippen molar-refractivity contribution in [3.05, 3.63) is 54.2 Å². The molecule has 8 heteroatoms. The molecule has 0 unspecified atom stereocenters. The number of fused-ring (bicyclic) bond motifs is 2. The summed E-state index contributed by atoms with van der Waals surface area (Å²) in [6.45, 7) is 6.29. The maximum Gasteiger partial charge on any atom is 0.321 e. The highest BCUT2D eigenvalue weighted by Gasteiger charge is 2.16. The molecule has 3 aromatic rings. The molecule has 0 saturated carbocycles. The quantitative estimate of drug-likeness (QED) is 0.642. The summed E-state index contributed by atoms with van der Waals surface area (Å²) in [5, 5.41) is 4.11. The van der Waals surface area contributed by atoms with Crippen molar-refractivity contribution >= 4 is 22.6 Å². The van der Waals surface area contributed by atoms with Crippen LogP contribution in [0.1, 0.15) is 5.56 Å². The molecule has 0 aliphatic carbocycles. The Kier molecular flexibility index (Phi) is 5.87. The Morgan fingerprint density at radius 2 is 1.88 bits per heavy atom.